The van der Waals surface area contributed by atoms with E-state index in [1.807, 2.05) is 0 Å². The molecule has 0 bridgehead atoms. The molecule has 2 fully saturated rings. The lowest BCUT2D eigenvalue weighted by atomic mass is 9.68. The van der Waals surface area contributed by atoms with E-state index in [0.29, 0.717) is 0 Å². The fourth-order valence-corrected chi connectivity index (χ4v) is 2.13. The Hall–Kier alpha value is -0.0400. The lowest BCUT2D eigenvalue weighted by Crippen LogP contribution is -2.33. The molecule has 0 aromatic carbocycles. The molecule has 0 aromatic heterocycles. The van der Waals surface area contributed by atoms with Crippen molar-refractivity contribution in [2.24, 2.45) is 17.8 Å². The first-order valence-corrected chi connectivity index (χ1v) is 3.58. The van der Waals surface area contributed by atoms with E-state index >= 15 is 0 Å². The van der Waals surface area contributed by atoms with Gasteiger partial charge in [-0.2, -0.15) is 0 Å². The summed E-state index contributed by atoms with van der Waals surface area (Å²) in [7, 11) is 0. The first kappa shape index (κ1) is 4.80. The van der Waals surface area contributed by atoms with Crippen molar-refractivity contribution >= 4 is 0 Å². The highest BCUT2D eigenvalue weighted by molar-refractivity contribution is 4.93. The fraction of sp³-hybridized carbons (Fsp3) is 1.00. The Morgan fingerprint density at radius 3 is 2.75 bits per heavy atom. The largest absolute Gasteiger partial charge is 0.316 e. The molecule has 3 atom stereocenters. The number of fused-ring (bicyclic) bond motifs is 1. The third kappa shape index (κ3) is 0.455. The van der Waals surface area contributed by atoms with Gasteiger partial charge >= 0.3 is 0 Å². The van der Waals surface area contributed by atoms with Crippen LogP contribution in [0.1, 0.15) is 13.3 Å². The standard InChI is InChI=1S/C7H13N/c1-5-2-6-3-8-4-7(5)6/h5-8H,2-4H2,1H3/t5?,6-,7-/m1/s1. The molecule has 1 N–H and O–H groups in total. The third-order valence-electron chi connectivity index (χ3n) is 2.80. The van der Waals surface area contributed by atoms with Gasteiger partial charge in [0.15, 0.2) is 0 Å². The summed E-state index contributed by atoms with van der Waals surface area (Å²) in [4.78, 5) is 0. The molecule has 1 heteroatoms. The summed E-state index contributed by atoms with van der Waals surface area (Å²) in [5, 5.41) is 3.41. The first-order chi connectivity index (χ1) is 3.88. The predicted octanol–water partition coefficient (Wildman–Crippen LogP) is 0.862. The quantitative estimate of drug-likeness (QED) is 0.489. The molecule has 2 rings (SSSR count). The van der Waals surface area contributed by atoms with Crippen LogP contribution in [0.15, 0.2) is 0 Å². The van der Waals surface area contributed by atoms with Crippen molar-refractivity contribution in [3.8, 4) is 0 Å². The SMILES string of the molecule is CC1C[C@@H]2CNC[C@H]12. The van der Waals surface area contributed by atoms with Crippen molar-refractivity contribution in [2.75, 3.05) is 13.1 Å². The Balaban J connectivity index is 2.02. The Bertz CT molecular complexity index is 101. The van der Waals surface area contributed by atoms with Crippen LogP contribution in [0.5, 0.6) is 0 Å². The van der Waals surface area contributed by atoms with Gasteiger partial charge in [-0.05, 0) is 37.3 Å². The van der Waals surface area contributed by atoms with Gasteiger partial charge in [0.05, 0.1) is 0 Å². The van der Waals surface area contributed by atoms with Gasteiger partial charge in [-0.3, -0.25) is 0 Å². The Morgan fingerprint density at radius 1 is 1.38 bits per heavy atom. The maximum Gasteiger partial charge on any atom is -0.00147 e. The van der Waals surface area contributed by atoms with Gasteiger partial charge in [0.25, 0.3) is 0 Å². The maximum absolute atomic E-state index is 3.41. The number of hydrogen-bond donors (Lipinski definition) is 1. The van der Waals surface area contributed by atoms with E-state index in [2.05, 4.69) is 12.2 Å². The monoisotopic (exact) mass is 111 g/mol. The molecule has 0 aromatic rings. The van der Waals surface area contributed by atoms with Crippen LogP contribution in [0.2, 0.25) is 0 Å². The summed E-state index contributed by atoms with van der Waals surface area (Å²) in [5.41, 5.74) is 0. The van der Waals surface area contributed by atoms with Crippen LogP contribution in [0, 0.1) is 17.8 Å². The van der Waals surface area contributed by atoms with Gasteiger partial charge in [0.2, 0.25) is 0 Å². The first-order valence-electron chi connectivity index (χ1n) is 3.58. The number of hydrogen-bond acceptors (Lipinski definition) is 1. The summed E-state index contributed by atoms with van der Waals surface area (Å²) < 4.78 is 0. The smallest absolute Gasteiger partial charge is 0.00147 e. The van der Waals surface area contributed by atoms with Crippen LogP contribution in [-0.2, 0) is 0 Å². The van der Waals surface area contributed by atoms with Crippen LogP contribution in [0.4, 0.5) is 0 Å². The van der Waals surface area contributed by atoms with E-state index in [1.165, 1.54) is 19.5 Å². The van der Waals surface area contributed by atoms with Gasteiger partial charge in [-0.1, -0.05) is 6.92 Å². The van der Waals surface area contributed by atoms with Crippen LogP contribution in [0.3, 0.4) is 0 Å². The Morgan fingerprint density at radius 2 is 2.25 bits per heavy atom. The predicted molar refractivity (Wildman–Crippen MR) is 33.6 cm³/mol. The van der Waals surface area contributed by atoms with E-state index in [1.54, 1.807) is 0 Å². The molecule has 1 unspecified atom stereocenters. The molecule has 0 spiro atoms. The molecule has 8 heavy (non-hydrogen) atoms. The molecule has 1 saturated heterocycles. The van der Waals surface area contributed by atoms with Crippen molar-refractivity contribution in [3.05, 3.63) is 0 Å². The summed E-state index contributed by atoms with van der Waals surface area (Å²) in [6, 6.07) is 0. The van der Waals surface area contributed by atoms with Crippen molar-refractivity contribution < 1.29 is 0 Å². The maximum atomic E-state index is 3.41. The van der Waals surface area contributed by atoms with Gasteiger partial charge in [-0.15, -0.1) is 0 Å². The van der Waals surface area contributed by atoms with E-state index in [4.69, 9.17) is 0 Å². The molecule has 1 nitrogen and oxygen atoms in total. The molecular weight excluding hydrogens is 98.1 g/mol. The zero-order chi connectivity index (χ0) is 5.56. The van der Waals surface area contributed by atoms with Crippen molar-refractivity contribution in [1.82, 2.24) is 5.32 Å². The second kappa shape index (κ2) is 1.47. The average Bonchev–Trinajstić information content (AvgIpc) is 2.09. The summed E-state index contributed by atoms with van der Waals surface area (Å²) in [6.45, 7) is 4.97. The molecule has 0 radical (unpaired) electrons. The second-order valence-corrected chi connectivity index (χ2v) is 3.30. The highest BCUT2D eigenvalue weighted by Crippen LogP contribution is 2.41. The van der Waals surface area contributed by atoms with E-state index in [9.17, 15) is 0 Å². The summed E-state index contributed by atoms with van der Waals surface area (Å²) in [5.74, 6) is 3.13. The van der Waals surface area contributed by atoms with E-state index in [-0.39, 0.29) is 0 Å². The molecule has 1 saturated carbocycles. The second-order valence-electron chi connectivity index (χ2n) is 3.30. The Kier molecular flexibility index (Phi) is 0.884. The molecule has 1 aliphatic carbocycles. The number of rotatable bonds is 0. The zero-order valence-electron chi connectivity index (χ0n) is 5.35. The average molecular weight is 111 g/mol. The van der Waals surface area contributed by atoms with Gasteiger partial charge in [-0.25, -0.2) is 0 Å². The highest BCUT2D eigenvalue weighted by Gasteiger charge is 2.40. The fourth-order valence-electron chi connectivity index (χ4n) is 2.13. The lowest BCUT2D eigenvalue weighted by Gasteiger charge is -2.36. The summed E-state index contributed by atoms with van der Waals surface area (Å²) >= 11 is 0. The minimum Gasteiger partial charge on any atom is -0.316 e. The van der Waals surface area contributed by atoms with Crippen molar-refractivity contribution in [2.45, 2.75) is 13.3 Å². The molecule has 0 amide bonds. The van der Waals surface area contributed by atoms with Crippen LogP contribution in [0.25, 0.3) is 0 Å². The van der Waals surface area contributed by atoms with Gasteiger partial charge < -0.3 is 5.32 Å². The minimum absolute atomic E-state index is 1.02. The van der Waals surface area contributed by atoms with Crippen LogP contribution in [-0.4, -0.2) is 13.1 Å². The van der Waals surface area contributed by atoms with Gasteiger partial charge in [0, 0.05) is 0 Å². The minimum atomic E-state index is 1.02. The Labute approximate surface area is 50.5 Å². The van der Waals surface area contributed by atoms with Crippen molar-refractivity contribution in [3.63, 3.8) is 0 Å². The third-order valence-corrected chi connectivity index (χ3v) is 2.80. The number of nitrogens with one attached hydrogen (secondary N) is 1. The van der Waals surface area contributed by atoms with Crippen molar-refractivity contribution in [1.29, 1.82) is 0 Å². The lowest BCUT2D eigenvalue weighted by molar-refractivity contribution is 0.140. The molecule has 46 valence electrons. The summed E-state index contributed by atoms with van der Waals surface area (Å²) in [6.07, 6.45) is 1.48. The van der Waals surface area contributed by atoms with Crippen LogP contribution < -0.4 is 5.32 Å². The molecule has 1 heterocycles. The van der Waals surface area contributed by atoms with Crippen LogP contribution >= 0.6 is 0 Å². The zero-order valence-corrected chi connectivity index (χ0v) is 5.35. The van der Waals surface area contributed by atoms with E-state index in [0.717, 1.165) is 17.8 Å². The normalized spacial score (nSPS) is 52.9. The van der Waals surface area contributed by atoms with E-state index < -0.39 is 0 Å². The van der Waals surface area contributed by atoms with Gasteiger partial charge in [0.1, 0.15) is 0 Å². The molecule has 2 aliphatic rings. The molecular formula is C7H13N. The topological polar surface area (TPSA) is 12.0 Å². The highest BCUT2D eigenvalue weighted by atomic mass is 14.9. The molecule has 1 aliphatic heterocycles.